The predicted molar refractivity (Wildman–Crippen MR) is 74.6 cm³/mol. The van der Waals surface area contributed by atoms with Crippen molar-refractivity contribution in [2.75, 3.05) is 17.2 Å². The SMILES string of the molecule is CC(=O)SC1CC(=O)N(c2ccc(C#N)cc2N)C1. The van der Waals surface area contributed by atoms with Crippen molar-refractivity contribution in [3.8, 4) is 6.07 Å². The van der Waals surface area contributed by atoms with Crippen LogP contribution in [0.15, 0.2) is 18.2 Å². The Morgan fingerprint density at radius 3 is 2.89 bits per heavy atom. The lowest BCUT2D eigenvalue weighted by Gasteiger charge is -2.18. The van der Waals surface area contributed by atoms with Crippen LogP contribution in [0.1, 0.15) is 18.9 Å². The minimum atomic E-state index is -0.0462. The molecule has 1 heterocycles. The number of nitriles is 1. The van der Waals surface area contributed by atoms with Crippen LogP contribution < -0.4 is 10.6 Å². The van der Waals surface area contributed by atoms with Gasteiger partial charge in [-0.25, -0.2) is 0 Å². The molecule has 0 radical (unpaired) electrons. The largest absolute Gasteiger partial charge is 0.397 e. The highest BCUT2D eigenvalue weighted by molar-refractivity contribution is 8.14. The lowest BCUT2D eigenvalue weighted by molar-refractivity contribution is -0.117. The molecule has 6 heteroatoms. The standard InChI is InChI=1S/C13H13N3O2S/c1-8(17)19-10-5-13(18)16(7-10)12-3-2-9(6-14)4-11(12)15/h2-4,10H,5,7,15H2,1H3. The van der Waals surface area contributed by atoms with Crippen molar-refractivity contribution in [2.24, 2.45) is 0 Å². The fourth-order valence-corrected chi connectivity index (χ4v) is 3.01. The molecule has 1 atom stereocenters. The molecule has 2 N–H and O–H groups in total. The molecular formula is C13H13N3O2S. The van der Waals surface area contributed by atoms with Crippen molar-refractivity contribution in [3.05, 3.63) is 23.8 Å². The van der Waals surface area contributed by atoms with Gasteiger partial charge in [0.25, 0.3) is 0 Å². The van der Waals surface area contributed by atoms with E-state index in [-0.39, 0.29) is 16.3 Å². The smallest absolute Gasteiger partial charge is 0.228 e. The van der Waals surface area contributed by atoms with Gasteiger partial charge in [0.1, 0.15) is 0 Å². The highest BCUT2D eigenvalue weighted by atomic mass is 32.2. The number of hydrogen-bond acceptors (Lipinski definition) is 5. The maximum atomic E-state index is 12.0. The van der Waals surface area contributed by atoms with Gasteiger partial charge < -0.3 is 10.6 Å². The van der Waals surface area contributed by atoms with Gasteiger partial charge in [-0.3, -0.25) is 9.59 Å². The highest BCUT2D eigenvalue weighted by Gasteiger charge is 2.32. The highest BCUT2D eigenvalue weighted by Crippen LogP contribution is 2.32. The molecule has 2 rings (SSSR count). The van der Waals surface area contributed by atoms with E-state index in [0.29, 0.717) is 29.9 Å². The van der Waals surface area contributed by atoms with E-state index in [9.17, 15) is 9.59 Å². The minimum absolute atomic E-state index is 0.00690. The Hall–Kier alpha value is -2.00. The zero-order valence-electron chi connectivity index (χ0n) is 10.4. The van der Waals surface area contributed by atoms with E-state index < -0.39 is 0 Å². The molecular weight excluding hydrogens is 262 g/mol. The topological polar surface area (TPSA) is 87.2 Å². The Balaban J connectivity index is 2.21. The first-order valence-corrected chi connectivity index (χ1v) is 6.66. The molecule has 0 bridgehead atoms. The Kier molecular flexibility index (Phi) is 3.76. The van der Waals surface area contributed by atoms with E-state index >= 15 is 0 Å². The molecule has 0 saturated carbocycles. The van der Waals surface area contributed by atoms with Crippen molar-refractivity contribution in [1.29, 1.82) is 5.26 Å². The zero-order valence-corrected chi connectivity index (χ0v) is 11.2. The van der Waals surface area contributed by atoms with Gasteiger partial charge in [-0.05, 0) is 18.2 Å². The molecule has 1 aromatic rings. The number of thioether (sulfide) groups is 1. The molecule has 0 spiro atoms. The van der Waals surface area contributed by atoms with Crippen LogP contribution in [-0.4, -0.2) is 22.8 Å². The van der Waals surface area contributed by atoms with Gasteiger partial charge in [-0.1, -0.05) is 11.8 Å². The summed E-state index contributed by atoms with van der Waals surface area (Å²) in [5, 5.41) is 8.76. The second kappa shape index (κ2) is 5.33. The summed E-state index contributed by atoms with van der Waals surface area (Å²) in [6.45, 7) is 1.97. The fraction of sp³-hybridized carbons (Fsp3) is 0.308. The Labute approximate surface area is 115 Å². The van der Waals surface area contributed by atoms with Gasteiger partial charge in [-0.15, -0.1) is 0 Å². The van der Waals surface area contributed by atoms with Gasteiger partial charge in [0.05, 0.1) is 23.0 Å². The molecule has 1 unspecified atom stereocenters. The number of rotatable bonds is 2. The number of benzene rings is 1. The summed E-state index contributed by atoms with van der Waals surface area (Å²) in [4.78, 5) is 24.6. The monoisotopic (exact) mass is 275 g/mol. The van der Waals surface area contributed by atoms with Crippen molar-refractivity contribution in [2.45, 2.75) is 18.6 Å². The summed E-state index contributed by atoms with van der Waals surface area (Å²) in [7, 11) is 0. The quantitative estimate of drug-likeness (QED) is 0.827. The number of nitrogen functional groups attached to an aromatic ring is 1. The molecule has 0 aliphatic carbocycles. The first kappa shape index (κ1) is 13.4. The van der Waals surface area contributed by atoms with Gasteiger partial charge in [0, 0.05) is 25.1 Å². The molecule has 98 valence electrons. The van der Waals surface area contributed by atoms with Gasteiger partial charge in [0.15, 0.2) is 5.12 Å². The van der Waals surface area contributed by atoms with E-state index in [4.69, 9.17) is 11.0 Å². The molecule has 1 aliphatic rings. The third-order valence-corrected chi connectivity index (χ3v) is 3.85. The van der Waals surface area contributed by atoms with Crippen molar-refractivity contribution < 1.29 is 9.59 Å². The van der Waals surface area contributed by atoms with E-state index in [0.717, 1.165) is 0 Å². The first-order chi connectivity index (χ1) is 9.01. The van der Waals surface area contributed by atoms with Crippen LogP contribution in [0.25, 0.3) is 0 Å². The van der Waals surface area contributed by atoms with Crippen LogP contribution in [0.4, 0.5) is 11.4 Å². The summed E-state index contributed by atoms with van der Waals surface area (Å²) in [5.41, 5.74) is 7.34. The van der Waals surface area contributed by atoms with Gasteiger partial charge >= 0.3 is 0 Å². The third-order valence-electron chi connectivity index (χ3n) is 2.87. The Morgan fingerprint density at radius 1 is 1.58 bits per heavy atom. The Morgan fingerprint density at radius 2 is 2.32 bits per heavy atom. The molecule has 1 saturated heterocycles. The summed E-state index contributed by atoms with van der Waals surface area (Å²) in [6, 6.07) is 6.85. The number of anilines is 2. The average molecular weight is 275 g/mol. The lowest BCUT2D eigenvalue weighted by Crippen LogP contribution is -2.25. The number of hydrogen-bond donors (Lipinski definition) is 1. The maximum absolute atomic E-state index is 12.0. The van der Waals surface area contributed by atoms with Crippen molar-refractivity contribution in [1.82, 2.24) is 0 Å². The van der Waals surface area contributed by atoms with Gasteiger partial charge in [0.2, 0.25) is 5.91 Å². The molecule has 5 nitrogen and oxygen atoms in total. The number of carbonyl (C=O) groups is 2. The van der Waals surface area contributed by atoms with Crippen LogP contribution in [-0.2, 0) is 9.59 Å². The normalized spacial score (nSPS) is 18.4. The molecule has 19 heavy (non-hydrogen) atoms. The van der Waals surface area contributed by atoms with Gasteiger partial charge in [-0.2, -0.15) is 5.26 Å². The number of amides is 1. The molecule has 1 fully saturated rings. The van der Waals surface area contributed by atoms with E-state index in [2.05, 4.69) is 0 Å². The lowest BCUT2D eigenvalue weighted by atomic mass is 10.2. The second-order valence-electron chi connectivity index (χ2n) is 4.33. The number of nitrogens with two attached hydrogens (primary N) is 1. The van der Waals surface area contributed by atoms with Crippen LogP contribution >= 0.6 is 11.8 Å². The third kappa shape index (κ3) is 2.88. The molecule has 0 aromatic heterocycles. The summed E-state index contributed by atoms with van der Waals surface area (Å²) in [5.74, 6) is -0.0462. The predicted octanol–water partition coefficient (Wildman–Crippen LogP) is 1.53. The van der Waals surface area contributed by atoms with Crippen molar-refractivity contribution in [3.63, 3.8) is 0 Å². The minimum Gasteiger partial charge on any atom is -0.397 e. The van der Waals surface area contributed by atoms with E-state index in [1.165, 1.54) is 18.7 Å². The van der Waals surface area contributed by atoms with Crippen molar-refractivity contribution >= 4 is 34.2 Å². The average Bonchev–Trinajstić information content (AvgIpc) is 2.69. The van der Waals surface area contributed by atoms with E-state index in [1.807, 2.05) is 6.07 Å². The number of carbonyl (C=O) groups excluding carboxylic acids is 2. The van der Waals surface area contributed by atoms with Crippen LogP contribution in [0.3, 0.4) is 0 Å². The maximum Gasteiger partial charge on any atom is 0.228 e. The van der Waals surface area contributed by atoms with Crippen LogP contribution in [0.2, 0.25) is 0 Å². The number of nitrogens with zero attached hydrogens (tertiary/aromatic N) is 2. The Bertz CT molecular complexity index is 580. The molecule has 1 aliphatic heterocycles. The summed E-state index contributed by atoms with van der Waals surface area (Å²) in [6.07, 6.45) is 0.337. The summed E-state index contributed by atoms with van der Waals surface area (Å²) >= 11 is 1.18. The van der Waals surface area contributed by atoms with Crippen LogP contribution in [0.5, 0.6) is 0 Å². The van der Waals surface area contributed by atoms with Crippen LogP contribution in [0, 0.1) is 11.3 Å². The first-order valence-electron chi connectivity index (χ1n) is 5.78. The van der Waals surface area contributed by atoms with E-state index in [1.54, 1.807) is 23.1 Å². The second-order valence-corrected chi connectivity index (χ2v) is 5.80. The zero-order chi connectivity index (χ0) is 14.0. The fourth-order valence-electron chi connectivity index (χ4n) is 2.09. The summed E-state index contributed by atoms with van der Waals surface area (Å²) < 4.78 is 0. The molecule has 1 amide bonds. The molecule has 1 aromatic carbocycles.